The average Bonchev–Trinajstić information content (AvgIpc) is 2.92. The molecule has 0 amide bonds. The van der Waals surface area contributed by atoms with Crippen molar-refractivity contribution in [3.63, 3.8) is 0 Å². The van der Waals surface area contributed by atoms with Gasteiger partial charge >= 0.3 is 13.3 Å². The molecule has 1 aliphatic rings. The first-order valence-corrected chi connectivity index (χ1v) is 13.9. The molecule has 1 heterocycles. The topological polar surface area (TPSA) is 89.7 Å². The molecule has 2 N–H and O–H groups in total. The molecule has 6 nitrogen and oxygen atoms in total. The van der Waals surface area contributed by atoms with E-state index >= 15 is 0 Å². The highest BCUT2D eigenvalue weighted by atomic mass is 31.1. The molecule has 1 fully saturated rings. The summed E-state index contributed by atoms with van der Waals surface area (Å²) in [5.74, 6) is 0.175. The van der Waals surface area contributed by atoms with Crippen LogP contribution in [0.3, 0.4) is 0 Å². The van der Waals surface area contributed by atoms with Crippen molar-refractivity contribution in [2.24, 2.45) is 5.73 Å². The van der Waals surface area contributed by atoms with Crippen molar-refractivity contribution in [1.82, 2.24) is 0 Å². The molecule has 0 aromatic heterocycles. The Labute approximate surface area is 220 Å². The second-order valence-electron chi connectivity index (χ2n) is 9.17. The summed E-state index contributed by atoms with van der Waals surface area (Å²) in [6.07, 6.45) is 1.29. The highest BCUT2D eigenvalue weighted by molar-refractivity contribution is 7.71. The van der Waals surface area contributed by atoms with Crippen LogP contribution in [-0.4, -0.2) is 44.2 Å². The van der Waals surface area contributed by atoms with Gasteiger partial charge in [0.1, 0.15) is 0 Å². The Morgan fingerprint density at radius 1 is 0.919 bits per heavy atom. The number of ketones is 1. The number of ether oxygens (including phenoxy) is 1. The molecule has 0 bridgehead atoms. The molecule has 1 saturated heterocycles. The third-order valence-electron chi connectivity index (χ3n) is 6.24. The van der Waals surface area contributed by atoms with E-state index in [1.807, 2.05) is 63.2 Å². The van der Waals surface area contributed by atoms with Crippen LogP contribution in [0.5, 0.6) is 0 Å². The van der Waals surface area contributed by atoms with Crippen LogP contribution in [0.4, 0.5) is 5.69 Å². The molecule has 3 aromatic rings. The molecule has 1 unspecified atom stereocenters. The smallest absolute Gasteiger partial charge is 0.378 e. The molecule has 3 aromatic carbocycles. The standard InChI is InChI=1S/C16H16O2P.C14H20N2O2/c1-11-9-12(2)15(13(3)10-11)16(17)19(18)14-7-5-4-6-8-14;15-7-1-2-14(17)12-3-5-13(6-4-12)16-8-10-18-11-9-16/h4-10H,1-3H3;3-6H,1-2,7-11,15H2/q+1;. The first-order chi connectivity index (χ1) is 17.8. The van der Waals surface area contributed by atoms with Crippen LogP contribution in [-0.2, 0) is 9.30 Å². The number of nitrogens with zero attached hydrogens (tertiary/aromatic N) is 1. The van der Waals surface area contributed by atoms with E-state index in [1.54, 1.807) is 24.3 Å². The van der Waals surface area contributed by atoms with E-state index in [1.165, 1.54) is 0 Å². The number of aryl methyl sites for hydroxylation is 3. The van der Waals surface area contributed by atoms with Gasteiger partial charge in [0.15, 0.2) is 11.1 Å². The first-order valence-electron chi connectivity index (χ1n) is 12.6. The lowest BCUT2D eigenvalue weighted by Crippen LogP contribution is -2.36. The molecular formula is C30H36N2O4P+. The number of hydrogen-bond acceptors (Lipinski definition) is 6. The maximum atomic E-state index is 12.4. The summed E-state index contributed by atoms with van der Waals surface area (Å²) < 4.78 is 17.7. The van der Waals surface area contributed by atoms with E-state index in [2.05, 4.69) is 4.90 Å². The van der Waals surface area contributed by atoms with Gasteiger partial charge in [-0.05, 0) is 81.3 Å². The summed E-state index contributed by atoms with van der Waals surface area (Å²) >= 11 is 0. The Kier molecular flexibility index (Phi) is 10.7. The molecule has 4 rings (SSSR count). The number of hydrogen-bond donors (Lipinski definition) is 1. The number of anilines is 1. The third-order valence-corrected chi connectivity index (χ3v) is 7.60. The van der Waals surface area contributed by atoms with Crippen molar-refractivity contribution < 1.29 is 18.9 Å². The summed E-state index contributed by atoms with van der Waals surface area (Å²) in [6, 6.07) is 20.7. The fraction of sp³-hybridized carbons (Fsp3) is 0.333. The number of rotatable bonds is 8. The van der Waals surface area contributed by atoms with Gasteiger partial charge in [-0.15, -0.1) is 0 Å². The highest BCUT2D eigenvalue weighted by Crippen LogP contribution is 2.30. The van der Waals surface area contributed by atoms with E-state index < -0.39 is 7.80 Å². The molecule has 7 heteroatoms. The Hall–Kier alpha value is -3.18. The van der Waals surface area contributed by atoms with Crippen molar-refractivity contribution in [3.8, 4) is 0 Å². The van der Waals surface area contributed by atoms with E-state index in [0.29, 0.717) is 23.8 Å². The van der Waals surface area contributed by atoms with Crippen LogP contribution >= 0.6 is 7.80 Å². The van der Waals surface area contributed by atoms with Gasteiger partial charge in [-0.3, -0.25) is 4.79 Å². The minimum Gasteiger partial charge on any atom is -0.378 e. The molecule has 194 valence electrons. The maximum absolute atomic E-state index is 12.4. The predicted octanol–water partition coefficient (Wildman–Crippen LogP) is 5.35. The molecule has 0 aliphatic carbocycles. The minimum atomic E-state index is -2.04. The van der Waals surface area contributed by atoms with Gasteiger partial charge in [0.2, 0.25) is 0 Å². The number of morpholine rings is 1. The highest BCUT2D eigenvalue weighted by Gasteiger charge is 2.34. The van der Waals surface area contributed by atoms with Crippen molar-refractivity contribution in [2.45, 2.75) is 33.6 Å². The quantitative estimate of drug-likeness (QED) is 0.319. The summed E-state index contributed by atoms with van der Waals surface area (Å²) in [6.45, 7) is 9.72. The van der Waals surface area contributed by atoms with Crippen LogP contribution in [0.25, 0.3) is 0 Å². The van der Waals surface area contributed by atoms with E-state index in [0.717, 1.165) is 60.7 Å². The minimum absolute atomic E-state index is 0.175. The van der Waals surface area contributed by atoms with Gasteiger partial charge in [0.25, 0.3) is 0 Å². The molecule has 1 atom stereocenters. The van der Waals surface area contributed by atoms with Crippen LogP contribution in [0.1, 0.15) is 50.2 Å². The van der Waals surface area contributed by atoms with Gasteiger partial charge in [-0.2, -0.15) is 0 Å². The van der Waals surface area contributed by atoms with Gasteiger partial charge in [0.05, 0.1) is 18.8 Å². The summed E-state index contributed by atoms with van der Waals surface area (Å²) in [7, 11) is -2.04. The maximum Gasteiger partial charge on any atom is 0.458 e. The van der Waals surface area contributed by atoms with Crippen molar-refractivity contribution in [1.29, 1.82) is 0 Å². The lowest BCUT2D eigenvalue weighted by molar-refractivity contribution is 0.0980. The van der Waals surface area contributed by atoms with Gasteiger partial charge in [-0.1, -0.05) is 40.5 Å². The van der Waals surface area contributed by atoms with Gasteiger partial charge in [0, 0.05) is 30.8 Å². The number of nitrogens with two attached hydrogens (primary N) is 1. The lowest BCUT2D eigenvalue weighted by atomic mass is 10.0. The molecule has 37 heavy (non-hydrogen) atoms. The number of carbonyl (C=O) groups is 2. The fourth-order valence-electron chi connectivity index (χ4n) is 4.39. The average molecular weight is 520 g/mol. The SMILES string of the molecule is Cc1cc(C)c(C(=O)[P+](=O)c2ccccc2)c(C)c1.NCCCC(=O)c1ccc(N2CCOCC2)cc1. The zero-order chi connectivity index (χ0) is 26.8. The molecule has 0 radical (unpaired) electrons. The summed E-state index contributed by atoms with van der Waals surface area (Å²) in [5, 5.41) is 0.585. The van der Waals surface area contributed by atoms with Crippen LogP contribution in [0.2, 0.25) is 0 Å². The molecule has 1 aliphatic heterocycles. The van der Waals surface area contributed by atoms with Crippen LogP contribution in [0, 0.1) is 20.8 Å². The monoisotopic (exact) mass is 519 g/mol. The second-order valence-corrected chi connectivity index (χ2v) is 10.7. The van der Waals surface area contributed by atoms with Crippen molar-refractivity contribution in [3.05, 3.63) is 94.5 Å². The van der Waals surface area contributed by atoms with E-state index in [4.69, 9.17) is 10.5 Å². The number of carbonyl (C=O) groups excluding carboxylic acids is 2. The Balaban J connectivity index is 0.000000206. The number of benzene rings is 3. The zero-order valence-electron chi connectivity index (χ0n) is 21.9. The zero-order valence-corrected chi connectivity index (χ0v) is 22.8. The van der Waals surface area contributed by atoms with Crippen LogP contribution < -0.4 is 15.9 Å². The predicted molar refractivity (Wildman–Crippen MR) is 151 cm³/mol. The Morgan fingerprint density at radius 3 is 2.08 bits per heavy atom. The summed E-state index contributed by atoms with van der Waals surface area (Å²) in [5.41, 5.74) is 10.6. The van der Waals surface area contributed by atoms with E-state index in [9.17, 15) is 14.2 Å². The Morgan fingerprint density at radius 2 is 1.51 bits per heavy atom. The largest absolute Gasteiger partial charge is 0.458 e. The molecule has 0 saturated carbocycles. The number of Topliss-reactive ketones (excluding diaryl/α,β-unsaturated/α-hetero) is 1. The molecular weight excluding hydrogens is 483 g/mol. The van der Waals surface area contributed by atoms with Gasteiger partial charge < -0.3 is 15.4 Å². The van der Waals surface area contributed by atoms with Crippen molar-refractivity contribution in [2.75, 3.05) is 37.7 Å². The summed E-state index contributed by atoms with van der Waals surface area (Å²) in [4.78, 5) is 26.5. The fourth-order valence-corrected chi connectivity index (χ4v) is 5.62. The van der Waals surface area contributed by atoms with E-state index in [-0.39, 0.29) is 11.3 Å². The van der Waals surface area contributed by atoms with Crippen molar-refractivity contribution >= 4 is 30.1 Å². The van der Waals surface area contributed by atoms with Crippen LogP contribution in [0.15, 0.2) is 66.7 Å². The second kappa shape index (κ2) is 13.9. The third kappa shape index (κ3) is 7.90. The molecule has 0 spiro atoms. The Bertz CT molecular complexity index is 1200. The first kappa shape index (κ1) is 28.4. The lowest BCUT2D eigenvalue weighted by Gasteiger charge is -2.28. The normalized spacial score (nSPS) is 13.4. The van der Waals surface area contributed by atoms with Gasteiger partial charge in [-0.25, -0.2) is 4.79 Å².